The molecule has 0 bridgehead atoms. The number of para-hydroxylation sites is 1. The van der Waals surface area contributed by atoms with Crippen molar-refractivity contribution in [2.24, 2.45) is 0 Å². The maximum absolute atomic E-state index is 12.4. The van der Waals surface area contributed by atoms with Gasteiger partial charge in [0.15, 0.2) is 0 Å². The van der Waals surface area contributed by atoms with Gasteiger partial charge in [0.2, 0.25) is 0 Å². The molecule has 27 heavy (non-hydrogen) atoms. The summed E-state index contributed by atoms with van der Waals surface area (Å²) in [6.45, 7) is 0.431. The summed E-state index contributed by atoms with van der Waals surface area (Å²) in [6.07, 6.45) is 3.54. The highest BCUT2D eigenvalue weighted by atomic mass is 16.5. The van der Waals surface area contributed by atoms with Gasteiger partial charge in [0.25, 0.3) is 5.91 Å². The highest BCUT2D eigenvalue weighted by molar-refractivity contribution is 5.97. The van der Waals surface area contributed by atoms with Gasteiger partial charge in [0.05, 0.1) is 18.2 Å². The van der Waals surface area contributed by atoms with E-state index in [1.54, 1.807) is 31.6 Å². The second-order valence-electron chi connectivity index (χ2n) is 6.07. The van der Waals surface area contributed by atoms with Crippen LogP contribution in [0.15, 0.2) is 67.0 Å². The minimum absolute atomic E-state index is 0.166. The van der Waals surface area contributed by atoms with Gasteiger partial charge in [-0.15, -0.1) is 0 Å². The minimum Gasteiger partial charge on any atom is -0.496 e. The summed E-state index contributed by atoms with van der Waals surface area (Å²) >= 11 is 0. The monoisotopic (exact) mass is 358 g/mol. The molecule has 0 spiro atoms. The first kappa shape index (κ1) is 16.8. The van der Waals surface area contributed by atoms with Crippen molar-refractivity contribution in [3.8, 4) is 17.0 Å². The zero-order valence-electron chi connectivity index (χ0n) is 14.8. The van der Waals surface area contributed by atoms with Gasteiger partial charge in [-0.05, 0) is 23.8 Å². The molecule has 0 aliphatic carbocycles. The van der Waals surface area contributed by atoms with Crippen molar-refractivity contribution in [1.29, 1.82) is 0 Å². The molecule has 6 heteroatoms. The van der Waals surface area contributed by atoms with Crippen molar-refractivity contribution in [3.05, 3.63) is 78.1 Å². The second kappa shape index (κ2) is 7.29. The number of aromatic nitrogens is 3. The molecule has 4 rings (SSSR count). The second-order valence-corrected chi connectivity index (χ2v) is 6.07. The Morgan fingerprint density at radius 1 is 1.11 bits per heavy atom. The molecule has 134 valence electrons. The first-order valence-corrected chi connectivity index (χ1v) is 8.55. The van der Waals surface area contributed by atoms with Crippen LogP contribution in [0.25, 0.3) is 22.2 Å². The van der Waals surface area contributed by atoms with Crippen LogP contribution in [0.4, 0.5) is 0 Å². The van der Waals surface area contributed by atoms with Crippen LogP contribution < -0.4 is 10.1 Å². The normalized spacial score (nSPS) is 10.7. The number of fused-ring (bicyclic) bond motifs is 1. The number of ether oxygens (including phenoxy) is 1. The molecule has 2 N–H and O–H groups in total. The molecule has 0 saturated heterocycles. The molecule has 4 aromatic rings. The molecular formula is C21H18N4O2. The fourth-order valence-corrected chi connectivity index (χ4v) is 2.97. The number of amides is 1. The number of benzene rings is 2. The number of rotatable bonds is 5. The van der Waals surface area contributed by atoms with Crippen LogP contribution in [0.2, 0.25) is 0 Å². The number of methoxy groups -OCH3 is 1. The number of carbonyl (C=O) groups is 1. The van der Waals surface area contributed by atoms with Gasteiger partial charge in [-0.3, -0.25) is 14.9 Å². The molecule has 2 heterocycles. The van der Waals surface area contributed by atoms with Crippen molar-refractivity contribution < 1.29 is 9.53 Å². The topological polar surface area (TPSA) is 79.9 Å². The van der Waals surface area contributed by atoms with Crippen LogP contribution in [0.1, 0.15) is 15.9 Å². The van der Waals surface area contributed by atoms with E-state index in [1.807, 2.05) is 42.5 Å². The Hall–Kier alpha value is -3.67. The molecule has 0 fully saturated rings. The Labute approximate surface area is 156 Å². The average Bonchev–Trinajstić information content (AvgIpc) is 3.16. The molecular weight excluding hydrogens is 340 g/mol. The molecule has 0 atom stereocenters. The van der Waals surface area contributed by atoms with Crippen LogP contribution in [-0.2, 0) is 6.54 Å². The lowest BCUT2D eigenvalue weighted by atomic mass is 10.1. The van der Waals surface area contributed by atoms with Crippen molar-refractivity contribution in [2.75, 3.05) is 7.11 Å². The number of pyridine rings is 1. The van der Waals surface area contributed by atoms with E-state index in [1.165, 1.54) is 0 Å². The lowest BCUT2D eigenvalue weighted by molar-refractivity contribution is 0.0948. The summed E-state index contributed by atoms with van der Waals surface area (Å²) in [5.41, 5.74) is 4.33. The first-order valence-electron chi connectivity index (χ1n) is 8.55. The molecule has 0 unspecified atom stereocenters. The number of nitrogens with one attached hydrogen (secondary N) is 2. The van der Waals surface area contributed by atoms with E-state index in [-0.39, 0.29) is 5.91 Å². The Balaban J connectivity index is 1.47. The van der Waals surface area contributed by atoms with Gasteiger partial charge in [0.1, 0.15) is 11.4 Å². The molecule has 0 radical (unpaired) electrons. The van der Waals surface area contributed by atoms with Gasteiger partial charge in [-0.2, -0.15) is 5.10 Å². The van der Waals surface area contributed by atoms with Crippen LogP contribution >= 0.6 is 0 Å². The van der Waals surface area contributed by atoms with Crippen LogP contribution in [0, 0.1) is 0 Å². The lowest BCUT2D eigenvalue weighted by Crippen LogP contribution is -2.23. The lowest BCUT2D eigenvalue weighted by Gasteiger charge is -2.09. The van der Waals surface area contributed by atoms with Crippen LogP contribution in [0.3, 0.4) is 0 Å². The summed E-state index contributed by atoms with van der Waals surface area (Å²) in [7, 11) is 1.55. The molecule has 1 amide bonds. The van der Waals surface area contributed by atoms with E-state index in [0.29, 0.717) is 17.9 Å². The van der Waals surface area contributed by atoms with E-state index < -0.39 is 0 Å². The Kier molecular flexibility index (Phi) is 4.53. The zero-order valence-corrected chi connectivity index (χ0v) is 14.8. The zero-order chi connectivity index (χ0) is 18.6. The predicted molar refractivity (Wildman–Crippen MR) is 103 cm³/mol. The standard InChI is InChI=1S/C21H18N4O2/c1-27-19-5-3-2-4-16(19)21(26)23-12-14-6-8-15(9-7-14)20-17-13-22-11-10-18(17)24-25-20/h2-11,13H,12H2,1H3,(H,23,26)(H,24,25). The van der Waals surface area contributed by atoms with Gasteiger partial charge >= 0.3 is 0 Å². The highest BCUT2D eigenvalue weighted by Gasteiger charge is 2.11. The Morgan fingerprint density at radius 3 is 2.74 bits per heavy atom. The van der Waals surface area contributed by atoms with E-state index in [2.05, 4.69) is 20.5 Å². The van der Waals surface area contributed by atoms with Gasteiger partial charge < -0.3 is 10.1 Å². The van der Waals surface area contributed by atoms with Crippen molar-refractivity contribution >= 4 is 16.8 Å². The Morgan fingerprint density at radius 2 is 1.93 bits per heavy atom. The number of hydrogen-bond donors (Lipinski definition) is 2. The SMILES string of the molecule is COc1ccccc1C(=O)NCc1ccc(-c2n[nH]c3ccncc23)cc1. The fourth-order valence-electron chi connectivity index (χ4n) is 2.97. The van der Waals surface area contributed by atoms with E-state index in [0.717, 1.165) is 27.7 Å². The van der Waals surface area contributed by atoms with E-state index >= 15 is 0 Å². The highest BCUT2D eigenvalue weighted by Crippen LogP contribution is 2.25. The quantitative estimate of drug-likeness (QED) is 0.572. The predicted octanol–water partition coefficient (Wildman–Crippen LogP) is 3.56. The molecule has 6 nitrogen and oxygen atoms in total. The molecule has 2 aromatic heterocycles. The number of carbonyl (C=O) groups excluding carboxylic acids is 1. The first-order chi connectivity index (χ1) is 13.3. The number of aromatic amines is 1. The van der Waals surface area contributed by atoms with Crippen molar-refractivity contribution in [3.63, 3.8) is 0 Å². The number of H-pyrrole nitrogens is 1. The number of hydrogen-bond acceptors (Lipinski definition) is 4. The maximum Gasteiger partial charge on any atom is 0.255 e. The maximum atomic E-state index is 12.4. The van der Waals surface area contributed by atoms with Gasteiger partial charge in [0, 0.05) is 29.9 Å². The van der Waals surface area contributed by atoms with E-state index in [9.17, 15) is 4.79 Å². The summed E-state index contributed by atoms with van der Waals surface area (Å²) in [5.74, 6) is 0.394. The number of nitrogens with zero attached hydrogens (tertiary/aromatic N) is 2. The summed E-state index contributed by atoms with van der Waals surface area (Å²) in [6, 6.07) is 17.0. The third-order valence-electron chi connectivity index (χ3n) is 4.40. The largest absolute Gasteiger partial charge is 0.496 e. The third kappa shape index (κ3) is 3.37. The molecule has 0 saturated carbocycles. The minimum atomic E-state index is -0.166. The molecule has 2 aromatic carbocycles. The Bertz CT molecular complexity index is 1090. The third-order valence-corrected chi connectivity index (χ3v) is 4.40. The van der Waals surface area contributed by atoms with Crippen molar-refractivity contribution in [2.45, 2.75) is 6.54 Å². The van der Waals surface area contributed by atoms with Crippen molar-refractivity contribution in [1.82, 2.24) is 20.5 Å². The van der Waals surface area contributed by atoms with Crippen LogP contribution in [0.5, 0.6) is 5.75 Å². The summed E-state index contributed by atoms with van der Waals surface area (Å²) < 4.78 is 5.23. The van der Waals surface area contributed by atoms with Crippen LogP contribution in [-0.4, -0.2) is 28.2 Å². The van der Waals surface area contributed by atoms with Gasteiger partial charge in [-0.25, -0.2) is 0 Å². The summed E-state index contributed by atoms with van der Waals surface area (Å²) in [5, 5.41) is 11.3. The molecule has 0 aliphatic rings. The van der Waals surface area contributed by atoms with E-state index in [4.69, 9.17) is 4.74 Å². The average molecular weight is 358 g/mol. The smallest absolute Gasteiger partial charge is 0.255 e. The summed E-state index contributed by atoms with van der Waals surface area (Å²) in [4.78, 5) is 16.5. The molecule has 0 aliphatic heterocycles. The fraction of sp³-hybridized carbons (Fsp3) is 0.0952. The van der Waals surface area contributed by atoms with Gasteiger partial charge in [-0.1, -0.05) is 36.4 Å².